The van der Waals surface area contributed by atoms with E-state index in [0.717, 1.165) is 11.0 Å². The van der Waals surface area contributed by atoms with Gasteiger partial charge in [-0.3, -0.25) is 14.7 Å². The van der Waals surface area contributed by atoms with E-state index in [1.807, 2.05) is 24.3 Å². The number of hydrogen-bond acceptors (Lipinski definition) is 3. The van der Waals surface area contributed by atoms with Crippen LogP contribution >= 0.6 is 0 Å². The van der Waals surface area contributed by atoms with Gasteiger partial charge in [-0.1, -0.05) is 12.1 Å². The Morgan fingerprint density at radius 3 is 2.60 bits per heavy atom. The number of anilines is 1. The van der Waals surface area contributed by atoms with E-state index >= 15 is 0 Å². The van der Waals surface area contributed by atoms with Gasteiger partial charge in [-0.15, -0.1) is 0 Å². The zero-order valence-corrected chi connectivity index (χ0v) is 8.64. The molecule has 0 fully saturated rings. The molecule has 0 saturated heterocycles. The fraction of sp³-hybridized carbons (Fsp3) is 0.182. The Labute approximate surface area is 87.6 Å². The molecule has 0 aliphatic heterocycles. The predicted molar refractivity (Wildman–Crippen MR) is 58.6 cm³/mol. The maximum Gasteiger partial charge on any atom is 0.224 e. The van der Waals surface area contributed by atoms with Crippen molar-refractivity contribution in [1.82, 2.24) is 9.97 Å². The van der Waals surface area contributed by atoms with E-state index in [4.69, 9.17) is 0 Å². The molecular formula is C11H11N3O. The summed E-state index contributed by atoms with van der Waals surface area (Å²) in [6, 6.07) is 7.57. The van der Waals surface area contributed by atoms with Gasteiger partial charge in [-0.25, -0.2) is 4.98 Å². The number of benzene rings is 1. The lowest BCUT2D eigenvalue weighted by Crippen LogP contribution is -2.23. The van der Waals surface area contributed by atoms with Gasteiger partial charge in [-0.2, -0.15) is 0 Å². The van der Waals surface area contributed by atoms with Gasteiger partial charge in [0.05, 0.1) is 17.2 Å². The van der Waals surface area contributed by atoms with Crippen molar-refractivity contribution >= 4 is 22.8 Å². The van der Waals surface area contributed by atoms with Crippen LogP contribution in [0.15, 0.2) is 30.5 Å². The highest BCUT2D eigenvalue weighted by molar-refractivity contribution is 5.90. The Morgan fingerprint density at radius 2 is 1.93 bits per heavy atom. The number of amides is 1. The zero-order chi connectivity index (χ0) is 10.8. The molecule has 0 bridgehead atoms. The number of carbonyl (C=O) groups is 1. The fourth-order valence-electron chi connectivity index (χ4n) is 1.27. The van der Waals surface area contributed by atoms with Crippen LogP contribution < -0.4 is 4.90 Å². The van der Waals surface area contributed by atoms with Crippen molar-refractivity contribution in [3.63, 3.8) is 0 Å². The minimum Gasteiger partial charge on any atom is -0.299 e. The van der Waals surface area contributed by atoms with Gasteiger partial charge in [0.1, 0.15) is 0 Å². The summed E-state index contributed by atoms with van der Waals surface area (Å²) in [7, 11) is 1.68. The summed E-state index contributed by atoms with van der Waals surface area (Å²) in [6.45, 7) is 1.50. The number of aromatic nitrogens is 2. The maximum atomic E-state index is 11.1. The average Bonchev–Trinajstić information content (AvgIpc) is 2.27. The molecular weight excluding hydrogens is 190 g/mol. The molecule has 1 heterocycles. The molecule has 0 unspecified atom stereocenters. The van der Waals surface area contributed by atoms with Crippen LogP contribution in [0.5, 0.6) is 0 Å². The lowest BCUT2D eigenvalue weighted by Gasteiger charge is -2.13. The molecule has 0 atom stereocenters. The first-order chi connectivity index (χ1) is 7.18. The van der Waals surface area contributed by atoms with Gasteiger partial charge >= 0.3 is 0 Å². The van der Waals surface area contributed by atoms with Crippen LogP contribution in [0.1, 0.15) is 6.92 Å². The Morgan fingerprint density at radius 1 is 1.27 bits per heavy atom. The molecule has 0 N–H and O–H groups in total. The quantitative estimate of drug-likeness (QED) is 0.704. The summed E-state index contributed by atoms with van der Waals surface area (Å²) in [6.07, 6.45) is 1.60. The number of nitrogens with zero attached hydrogens (tertiary/aromatic N) is 3. The average molecular weight is 201 g/mol. The maximum absolute atomic E-state index is 11.1. The molecule has 15 heavy (non-hydrogen) atoms. The molecule has 1 amide bonds. The van der Waals surface area contributed by atoms with Gasteiger partial charge in [0.25, 0.3) is 0 Å². The van der Waals surface area contributed by atoms with Crippen molar-refractivity contribution in [2.45, 2.75) is 6.92 Å². The summed E-state index contributed by atoms with van der Waals surface area (Å²) in [5, 5.41) is 0. The molecule has 4 nitrogen and oxygen atoms in total. The van der Waals surface area contributed by atoms with E-state index in [1.165, 1.54) is 11.8 Å². The molecule has 0 aliphatic rings. The predicted octanol–water partition coefficient (Wildman–Crippen LogP) is 1.61. The zero-order valence-electron chi connectivity index (χ0n) is 8.64. The van der Waals surface area contributed by atoms with Crippen molar-refractivity contribution in [2.24, 2.45) is 0 Å². The first-order valence-electron chi connectivity index (χ1n) is 4.64. The minimum absolute atomic E-state index is 0.0559. The summed E-state index contributed by atoms with van der Waals surface area (Å²) in [4.78, 5) is 21.2. The van der Waals surface area contributed by atoms with Crippen molar-refractivity contribution in [3.05, 3.63) is 30.5 Å². The van der Waals surface area contributed by atoms with Gasteiger partial charge in [0.2, 0.25) is 5.91 Å². The van der Waals surface area contributed by atoms with Gasteiger partial charge in [0.15, 0.2) is 5.82 Å². The largest absolute Gasteiger partial charge is 0.299 e. The lowest BCUT2D eigenvalue weighted by atomic mass is 10.3. The Bertz CT molecular complexity index is 510. The standard InChI is InChI=1S/C11H11N3O/c1-8(15)14(2)11-7-12-9-5-3-4-6-10(9)13-11/h3-7H,1-2H3. The van der Waals surface area contributed by atoms with Crippen LogP contribution in [0.2, 0.25) is 0 Å². The summed E-state index contributed by atoms with van der Waals surface area (Å²) in [5.74, 6) is 0.515. The molecule has 1 aromatic carbocycles. The topological polar surface area (TPSA) is 46.1 Å². The van der Waals surface area contributed by atoms with Gasteiger partial charge in [0, 0.05) is 14.0 Å². The Balaban J connectivity index is 2.51. The second-order valence-corrected chi connectivity index (χ2v) is 3.29. The molecule has 2 aromatic rings. The van der Waals surface area contributed by atoms with E-state index < -0.39 is 0 Å². The van der Waals surface area contributed by atoms with E-state index in [2.05, 4.69) is 9.97 Å². The minimum atomic E-state index is -0.0559. The normalized spacial score (nSPS) is 10.3. The van der Waals surface area contributed by atoms with Crippen LogP contribution in [-0.4, -0.2) is 22.9 Å². The van der Waals surface area contributed by atoms with Crippen molar-refractivity contribution in [1.29, 1.82) is 0 Å². The number of fused-ring (bicyclic) bond motifs is 1. The second kappa shape index (κ2) is 3.65. The van der Waals surface area contributed by atoms with Crippen LogP contribution in [-0.2, 0) is 4.79 Å². The summed E-state index contributed by atoms with van der Waals surface area (Å²) < 4.78 is 0. The number of rotatable bonds is 1. The highest BCUT2D eigenvalue weighted by Crippen LogP contribution is 2.13. The number of hydrogen-bond donors (Lipinski definition) is 0. The smallest absolute Gasteiger partial charge is 0.224 e. The van der Waals surface area contributed by atoms with Crippen molar-refractivity contribution < 1.29 is 4.79 Å². The molecule has 1 aromatic heterocycles. The molecule has 76 valence electrons. The Hall–Kier alpha value is -1.97. The van der Waals surface area contributed by atoms with E-state index in [0.29, 0.717) is 5.82 Å². The molecule has 0 spiro atoms. The van der Waals surface area contributed by atoms with Crippen LogP contribution in [0.4, 0.5) is 5.82 Å². The highest BCUT2D eigenvalue weighted by Gasteiger charge is 2.07. The SMILES string of the molecule is CC(=O)N(C)c1cnc2ccccc2n1. The lowest BCUT2D eigenvalue weighted by molar-refractivity contribution is -0.116. The first-order valence-corrected chi connectivity index (χ1v) is 4.64. The second-order valence-electron chi connectivity index (χ2n) is 3.29. The number of para-hydroxylation sites is 2. The molecule has 0 saturated carbocycles. The van der Waals surface area contributed by atoms with Crippen molar-refractivity contribution in [3.8, 4) is 0 Å². The van der Waals surface area contributed by atoms with Gasteiger partial charge in [-0.05, 0) is 12.1 Å². The summed E-state index contributed by atoms with van der Waals surface area (Å²) >= 11 is 0. The Kier molecular flexibility index (Phi) is 2.33. The monoisotopic (exact) mass is 201 g/mol. The van der Waals surface area contributed by atoms with E-state index in [9.17, 15) is 4.79 Å². The van der Waals surface area contributed by atoms with Crippen LogP contribution in [0, 0.1) is 0 Å². The molecule has 2 rings (SSSR count). The highest BCUT2D eigenvalue weighted by atomic mass is 16.2. The third-order valence-electron chi connectivity index (χ3n) is 2.25. The third-order valence-corrected chi connectivity index (χ3v) is 2.25. The van der Waals surface area contributed by atoms with Crippen molar-refractivity contribution in [2.75, 3.05) is 11.9 Å². The van der Waals surface area contributed by atoms with E-state index in [-0.39, 0.29) is 5.91 Å². The summed E-state index contributed by atoms with van der Waals surface area (Å²) in [5.41, 5.74) is 1.63. The third kappa shape index (κ3) is 1.79. The van der Waals surface area contributed by atoms with Gasteiger partial charge < -0.3 is 0 Å². The number of carbonyl (C=O) groups excluding carboxylic acids is 1. The van der Waals surface area contributed by atoms with E-state index in [1.54, 1.807) is 13.2 Å². The first kappa shape index (κ1) is 9.58. The molecule has 0 radical (unpaired) electrons. The molecule has 0 aliphatic carbocycles. The van der Waals surface area contributed by atoms with Crippen LogP contribution in [0.3, 0.4) is 0 Å². The van der Waals surface area contributed by atoms with Crippen LogP contribution in [0.25, 0.3) is 11.0 Å². The molecule has 4 heteroatoms. The fourth-order valence-corrected chi connectivity index (χ4v) is 1.27.